The topological polar surface area (TPSA) is 43.9 Å². The molecule has 0 N–H and O–H groups in total. The standard InChI is InChI=1S/C26H24F9N3O2/c27-24(28,29)18-12-17(13-19(14-18)25(30,31)32)22(39)38-7-6-21(20(15-38)16-4-2-1-3-5-16)36-8-10-37(11-9-36)23(40)26(33,34)35/h1-5,12-14,20-21H,6-11,15H2/t20-,21-/m1/s1. The molecule has 4 rings (SSSR count). The second kappa shape index (κ2) is 10.9. The molecule has 0 unspecified atom stereocenters. The quantitative estimate of drug-likeness (QED) is 0.455. The number of rotatable bonds is 3. The summed E-state index contributed by atoms with van der Waals surface area (Å²) in [5.41, 5.74) is -3.18. The van der Waals surface area contributed by atoms with Crippen LogP contribution >= 0.6 is 0 Å². The van der Waals surface area contributed by atoms with Crippen LogP contribution in [0.4, 0.5) is 39.5 Å². The highest BCUT2D eigenvalue weighted by molar-refractivity contribution is 5.95. The summed E-state index contributed by atoms with van der Waals surface area (Å²) < 4.78 is 119. The lowest BCUT2D eigenvalue weighted by Gasteiger charge is -2.47. The third kappa shape index (κ3) is 6.53. The minimum absolute atomic E-state index is 0.00608. The van der Waals surface area contributed by atoms with E-state index in [1.165, 1.54) is 4.90 Å². The molecule has 2 heterocycles. The summed E-state index contributed by atoms with van der Waals surface area (Å²) in [5.74, 6) is -3.35. The fourth-order valence-electron chi connectivity index (χ4n) is 5.29. The molecule has 0 aromatic heterocycles. The van der Waals surface area contributed by atoms with Gasteiger partial charge >= 0.3 is 24.4 Å². The zero-order chi connectivity index (χ0) is 29.5. The summed E-state index contributed by atoms with van der Waals surface area (Å²) in [6.45, 7) is -0.0927. The van der Waals surface area contributed by atoms with Crippen molar-refractivity contribution in [1.82, 2.24) is 14.7 Å². The fraction of sp³-hybridized carbons (Fsp3) is 0.462. The average molecular weight is 581 g/mol. The van der Waals surface area contributed by atoms with Gasteiger partial charge in [-0.15, -0.1) is 0 Å². The first kappa shape index (κ1) is 29.7. The molecule has 2 aromatic rings. The zero-order valence-electron chi connectivity index (χ0n) is 20.8. The van der Waals surface area contributed by atoms with Crippen molar-refractivity contribution in [2.24, 2.45) is 0 Å². The fourth-order valence-corrected chi connectivity index (χ4v) is 5.29. The third-order valence-corrected chi connectivity index (χ3v) is 7.24. The van der Waals surface area contributed by atoms with Gasteiger partial charge in [-0.2, -0.15) is 39.5 Å². The molecule has 218 valence electrons. The van der Waals surface area contributed by atoms with Crippen molar-refractivity contribution in [3.05, 3.63) is 70.8 Å². The molecule has 2 aliphatic heterocycles. The molecule has 0 spiro atoms. The molecule has 2 atom stereocenters. The van der Waals surface area contributed by atoms with Crippen molar-refractivity contribution in [3.63, 3.8) is 0 Å². The molecule has 2 aliphatic rings. The van der Waals surface area contributed by atoms with Gasteiger partial charge in [-0.05, 0) is 30.2 Å². The number of carbonyl (C=O) groups excluding carboxylic acids is 2. The van der Waals surface area contributed by atoms with Crippen molar-refractivity contribution in [3.8, 4) is 0 Å². The van der Waals surface area contributed by atoms with E-state index >= 15 is 0 Å². The molecule has 0 aliphatic carbocycles. The molecule has 14 heteroatoms. The second-order valence-corrected chi connectivity index (χ2v) is 9.74. The van der Waals surface area contributed by atoms with Gasteiger partial charge in [0.05, 0.1) is 11.1 Å². The molecule has 2 fully saturated rings. The maximum absolute atomic E-state index is 13.3. The summed E-state index contributed by atoms with van der Waals surface area (Å²) in [7, 11) is 0. The number of nitrogens with zero attached hydrogens (tertiary/aromatic N) is 3. The van der Waals surface area contributed by atoms with Crippen LogP contribution in [-0.2, 0) is 17.1 Å². The lowest BCUT2D eigenvalue weighted by atomic mass is 9.84. The first-order chi connectivity index (χ1) is 18.6. The Bertz CT molecular complexity index is 1190. The summed E-state index contributed by atoms with van der Waals surface area (Å²) in [6.07, 6.45) is -14.9. The van der Waals surface area contributed by atoms with Gasteiger partial charge in [-0.25, -0.2) is 0 Å². The first-order valence-electron chi connectivity index (χ1n) is 12.3. The average Bonchev–Trinajstić information content (AvgIpc) is 2.91. The Morgan fingerprint density at radius 1 is 0.700 bits per heavy atom. The highest BCUT2D eigenvalue weighted by Crippen LogP contribution is 2.38. The van der Waals surface area contributed by atoms with Crippen LogP contribution in [-0.4, -0.2) is 78.0 Å². The van der Waals surface area contributed by atoms with E-state index in [9.17, 15) is 49.1 Å². The van der Waals surface area contributed by atoms with E-state index < -0.39 is 53.0 Å². The van der Waals surface area contributed by atoms with E-state index in [0.717, 1.165) is 10.5 Å². The lowest BCUT2D eigenvalue weighted by Crippen LogP contribution is -2.58. The Hall–Kier alpha value is -3.29. The van der Waals surface area contributed by atoms with Crippen LogP contribution in [0.3, 0.4) is 0 Å². The van der Waals surface area contributed by atoms with Gasteiger partial charge in [-0.3, -0.25) is 14.5 Å². The normalized spacial score (nSPS) is 21.4. The van der Waals surface area contributed by atoms with Gasteiger partial charge in [0.15, 0.2) is 0 Å². The minimum Gasteiger partial charge on any atom is -0.338 e. The van der Waals surface area contributed by atoms with Gasteiger partial charge in [0.25, 0.3) is 5.91 Å². The molecule has 2 amide bonds. The Kier molecular flexibility index (Phi) is 8.12. The van der Waals surface area contributed by atoms with E-state index in [1.54, 1.807) is 30.3 Å². The smallest absolute Gasteiger partial charge is 0.338 e. The van der Waals surface area contributed by atoms with Crippen molar-refractivity contribution >= 4 is 11.8 Å². The summed E-state index contributed by atoms with van der Waals surface area (Å²) in [4.78, 5) is 28.7. The highest BCUT2D eigenvalue weighted by atomic mass is 19.4. The van der Waals surface area contributed by atoms with E-state index in [4.69, 9.17) is 0 Å². The van der Waals surface area contributed by atoms with Gasteiger partial charge in [-0.1, -0.05) is 30.3 Å². The van der Waals surface area contributed by atoms with Gasteiger partial charge in [0.2, 0.25) is 0 Å². The highest BCUT2D eigenvalue weighted by Gasteiger charge is 2.45. The monoisotopic (exact) mass is 581 g/mol. The predicted octanol–water partition coefficient (Wildman–Crippen LogP) is 5.43. The molecular formula is C26H24F9N3O2. The summed E-state index contributed by atoms with van der Waals surface area (Å²) in [5, 5.41) is 0. The number of carbonyl (C=O) groups is 2. The van der Waals surface area contributed by atoms with Crippen molar-refractivity contribution in [1.29, 1.82) is 0 Å². The van der Waals surface area contributed by atoms with Crippen LogP contribution in [0.2, 0.25) is 0 Å². The lowest BCUT2D eigenvalue weighted by molar-refractivity contribution is -0.187. The summed E-state index contributed by atoms with van der Waals surface area (Å²) in [6, 6.07) is 9.21. The Labute approximate surface area is 223 Å². The Morgan fingerprint density at radius 3 is 1.75 bits per heavy atom. The van der Waals surface area contributed by atoms with Gasteiger partial charge < -0.3 is 9.80 Å². The number of likely N-dealkylation sites (tertiary alicyclic amines) is 1. The number of hydrogen-bond donors (Lipinski definition) is 0. The number of alkyl halides is 9. The molecule has 0 saturated carbocycles. The van der Waals surface area contributed by atoms with Crippen LogP contribution in [0.25, 0.3) is 0 Å². The molecule has 0 bridgehead atoms. The Morgan fingerprint density at radius 2 is 1.25 bits per heavy atom. The molecule has 40 heavy (non-hydrogen) atoms. The molecule has 2 saturated heterocycles. The zero-order valence-corrected chi connectivity index (χ0v) is 20.8. The largest absolute Gasteiger partial charge is 0.471 e. The van der Waals surface area contributed by atoms with Crippen molar-refractivity contribution in [2.75, 3.05) is 39.3 Å². The van der Waals surface area contributed by atoms with Crippen molar-refractivity contribution in [2.45, 2.75) is 36.9 Å². The Balaban J connectivity index is 1.57. The molecule has 2 aromatic carbocycles. The van der Waals surface area contributed by atoms with Crippen LogP contribution in [0.15, 0.2) is 48.5 Å². The summed E-state index contributed by atoms with van der Waals surface area (Å²) >= 11 is 0. The number of piperidine rings is 1. The van der Waals surface area contributed by atoms with E-state index in [-0.39, 0.29) is 57.8 Å². The van der Waals surface area contributed by atoms with E-state index in [1.807, 2.05) is 4.90 Å². The predicted molar refractivity (Wildman–Crippen MR) is 124 cm³/mol. The number of hydrogen-bond acceptors (Lipinski definition) is 3. The second-order valence-electron chi connectivity index (χ2n) is 9.74. The van der Waals surface area contributed by atoms with Gasteiger partial charge in [0.1, 0.15) is 0 Å². The third-order valence-electron chi connectivity index (χ3n) is 7.24. The molecule has 0 radical (unpaired) electrons. The number of piperazine rings is 1. The number of halogens is 9. The van der Waals surface area contributed by atoms with E-state index in [0.29, 0.717) is 12.1 Å². The SMILES string of the molecule is O=C(c1cc(C(F)(F)F)cc(C(F)(F)F)c1)N1CC[C@@H](N2CCN(C(=O)C(F)(F)F)CC2)[C@@H](c2ccccc2)C1. The van der Waals surface area contributed by atoms with Crippen molar-refractivity contribution < 1.29 is 49.1 Å². The van der Waals surface area contributed by atoms with E-state index in [2.05, 4.69) is 0 Å². The maximum Gasteiger partial charge on any atom is 0.471 e. The first-order valence-corrected chi connectivity index (χ1v) is 12.3. The van der Waals surface area contributed by atoms with Gasteiger partial charge in [0, 0.05) is 56.8 Å². The molecular weight excluding hydrogens is 557 g/mol. The van der Waals surface area contributed by atoms with Crippen LogP contribution in [0.1, 0.15) is 39.4 Å². The van der Waals surface area contributed by atoms with Crippen LogP contribution in [0, 0.1) is 0 Å². The van der Waals surface area contributed by atoms with Crippen LogP contribution in [0.5, 0.6) is 0 Å². The maximum atomic E-state index is 13.3. The van der Waals surface area contributed by atoms with Crippen LogP contribution < -0.4 is 0 Å². The minimum atomic E-state index is -5.11. The molecule has 5 nitrogen and oxygen atoms in total. The number of benzene rings is 2. The number of amides is 2.